The normalized spacial score (nSPS) is 11.1. The van der Waals surface area contributed by atoms with Gasteiger partial charge in [0.1, 0.15) is 0 Å². The van der Waals surface area contributed by atoms with E-state index in [0.29, 0.717) is 5.82 Å². The molecule has 0 aliphatic heterocycles. The Hall–Kier alpha value is -6.26. The van der Waals surface area contributed by atoms with E-state index < -0.39 is 0 Å². The smallest absolute Gasteiger partial charge is 0.160 e. The molecule has 0 fully saturated rings. The van der Waals surface area contributed by atoms with Gasteiger partial charge in [-0.2, -0.15) is 0 Å². The monoisotopic (exact) mass is 616 g/mol. The van der Waals surface area contributed by atoms with Crippen molar-refractivity contribution in [1.82, 2.24) is 19.9 Å². The Morgan fingerprint density at radius 3 is 1.40 bits per heavy atom. The zero-order valence-electron chi connectivity index (χ0n) is 26.8. The Morgan fingerprint density at radius 2 is 0.771 bits per heavy atom. The fraction of sp³-hybridized carbons (Fsp3) is 0.0455. The van der Waals surface area contributed by atoms with Crippen LogP contribution in [0.15, 0.2) is 158 Å². The van der Waals surface area contributed by atoms with Crippen LogP contribution in [0.2, 0.25) is 0 Å². The van der Waals surface area contributed by atoms with Gasteiger partial charge in [0.05, 0.1) is 11.4 Å². The molecule has 8 aromatic rings. The third-order valence-electron chi connectivity index (χ3n) is 8.60. The van der Waals surface area contributed by atoms with Crippen molar-refractivity contribution in [2.24, 2.45) is 0 Å². The molecular formula is C44H32N4. The summed E-state index contributed by atoms with van der Waals surface area (Å²) in [7, 11) is 0. The lowest BCUT2D eigenvalue weighted by atomic mass is 9.94. The number of aromatic nitrogens is 4. The summed E-state index contributed by atoms with van der Waals surface area (Å²) in [4.78, 5) is 19.7. The van der Waals surface area contributed by atoms with Gasteiger partial charge >= 0.3 is 0 Å². The molecule has 228 valence electrons. The second kappa shape index (κ2) is 12.5. The minimum atomic E-state index is 0.680. The van der Waals surface area contributed by atoms with Gasteiger partial charge in [-0.25, -0.2) is 19.9 Å². The van der Waals surface area contributed by atoms with Crippen LogP contribution in [0.1, 0.15) is 11.4 Å². The summed E-state index contributed by atoms with van der Waals surface area (Å²) in [5, 5.41) is 2.42. The van der Waals surface area contributed by atoms with Gasteiger partial charge < -0.3 is 0 Å². The quantitative estimate of drug-likeness (QED) is 0.186. The number of rotatable bonds is 6. The molecule has 0 N–H and O–H groups in total. The van der Waals surface area contributed by atoms with E-state index in [0.717, 1.165) is 73.1 Å². The van der Waals surface area contributed by atoms with E-state index in [1.165, 1.54) is 10.8 Å². The van der Waals surface area contributed by atoms with Crippen LogP contribution in [-0.4, -0.2) is 19.9 Å². The Labute approximate surface area is 280 Å². The predicted molar refractivity (Wildman–Crippen MR) is 197 cm³/mol. The molecule has 48 heavy (non-hydrogen) atoms. The molecular weight excluding hydrogens is 585 g/mol. The molecule has 0 radical (unpaired) electrons. The van der Waals surface area contributed by atoms with E-state index in [-0.39, 0.29) is 0 Å². The van der Waals surface area contributed by atoms with Crippen molar-refractivity contribution in [2.75, 3.05) is 0 Å². The molecule has 0 saturated carbocycles. The topological polar surface area (TPSA) is 51.6 Å². The molecule has 4 heteroatoms. The molecule has 2 heterocycles. The predicted octanol–water partition coefficient (Wildman–Crippen LogP) is 11.0. The van der Waals surface area contributed by atoms with E-state index in [9.17, 15) is 0 Å². The molecule has 0 atom stereocenters. The van der Waals surface area contributed by atoms with Gasteiger partial charge in [0.25, 0.3) is 0 Å². The molecule has 0 aliphatic carbocycles. The Kier molecular flexibility index (Phi) is 7.60. The van der Waals surface area contributed by atoms with Crippen molar-refractivity contribution in [3.63, 3.8) is 0 Å². The number of nitrogens with zero attached hydrogens (tertiary/aromatic N) is 4. The first kappa shape index (κ1) is 29.2. The summed E-state index contributed by atoms with van der Waals surface area (Å²) in [6.07, 6.45) is 0. The molecule has 2 aromatic heterocycles. The summed E-state index contributed by atoms with van der Waals surface area (Å²) < 4.78 is 0. The van der Waals surface area contributed by atoms with Crippen LogP contribution in [0.3, 0.4) is 0 Å². The number of fused-ring (bicyclic) bond motifs is 1. The van der Waals surface area contributed by atoms with E-state index in [1.807, 2.05) is 56.3 Å². The number of hydrogen-bond acceptors (Lipinski definition) is 4. The maximum Gasteiger partial charge on any atom is 0.160 e. The van der Waals surface area contributed by atoms with Crippen molar-refractivity contribution < 1.29 is 0 Å². The summed E-state index contributed by atoms with van der Waals surface area (Å²) in [6.45, 7) is 4.01. The largest absolute Gasteiger partial charge is 0.233 e. The van der Waals surface area contributed by atoms with E-state index in [4.69, 9.17) is 9.97 Å². The minimum absolute atomic E-state index is 0.680. The highest BCUT2D eigenvalue weighted by Crippen LogP contribution is 2.35. The standard InChI is InChI=1S/C44H32N4/c1-29-23-30(2)46-43(45-29)35-20-17-32(18-21-35)38-25-39(37-22-19-31-11-9-10-16-36(31)24-37)27-40(26-38)44-47-41(33-12-5-3-6-13-33)28-42(48-44)34-14-7-4-8-15-34/h3-28H,1-2H3. The average Bonchev–Trinajstić information content (AvgIpc) is 3.14. The first-order chi connectivity index (χ1) is 23.6. The lowest BCUT2D eigenvalue weighted by molar-refractivity contribution is 1.06. The molecule has 0 unspecified atom stereocenters. The van der Waals surface area contributed by atoms with Gasteiger partial charge in [-0.05, 0) is 83.3 Å². The fourth-order valence-corrected chi connectivity index (χ4v) is 6.22. The summed E-state index contributed by atoms with van der Waals surface area (Å²) >= 11 is 0. The zero-order chi connectivity index (χ0) is 32.5. The molecule has 0 spiro atoms. The highest BCUT2D eigenvalue weighted by Gasteiger charge is 2.14. The van der Waals surface area contributed by atoms with Crippen LogP contribution in [0.25, 0.3) is 78.3 Å². The van der Waals surface area contributed by atoms with Gasteiger partial charge in [0.2, 0.25) is 0 Å². The van der Waals surface area contributed by atoms with Gasteiger partial charge in [0.15, 0.2) is 11.6 Å². The van der Waals surface area contributed by atoms with Gasteiger partial charge in [-0.1, -0.05) is 121 Å². The second-order valence-electron chi connectivity index (χ2n) is 12.1. The average molecular weight is 617 g/mol. The third-order valence-corrected chi connectivity index (χ3v) is 8.60. The maximum atomic E-state index is 5.16. The second-order valence-corrected chi connectivity index (χ2v) is 12.1. The van der Waals surface area contributed by atoms with E-state index in [1.54, 1.807) is 0 Å². The molecule has 0 saturated heterocycles. The highest BCUT2D eigenvalue weighted by atomic mass is 14.9. The number of aryl methyl sites for hydroxylation is 2. The molecule has 6 aromatic carbocycles. The van der Waals surface area contributed by atoms with Crippen LogP contribution in [-0.2, 0) is 0 Å². The van der Waals surface area contributed by atoms with Crippen LogP contribution in [0.4, 0.5) is 0 Å². The van der Waals surface area contributed by atoms with Gasteiger partial charge in [-0.3, -0.25) is 0 Å². The Morgan fingerprint density at radius 1 is 0.292 bits per heavy atom. The first-order valence-corrected chi connectivity index (χ1v) is 16.1. The highest BCUT2D eigenvalue weighted by molar-refractivity contribution is 5.89. The molecule has 8 rings (SSSR count). The molecule has 0 amide bonds. The first-order valence-electron chi connectivity index (χ1n) is 16.1. The van der Waals surface area contributed by atoms with Crippen LogP contribution >= 0.6 is 0 Å². The number of hydrogen-bond donors (Lipinski definition) is 0. The maximum absolute atomic E-state index is 5.16. The van der Waals surface area contributed by atoms with Crippen molar-refractivity contribution in [2.45, 2.75) is 13.8 Å². The van der Waals surface area contributed by atoms with E-state index in [2.05, 4.69) is 125 Å². The zero-order valence-corrected chi connectivity index (χ0v) is 26.8. The van der Waals surface area contributed by atoms with Gasteiger partial charge in [-0.15, -0.1) is 0 Å². The third kappa shape index (κ3) is 6.00. The summed E-state index contributed by atoms with van der Waals surface area (Å²) in [5.74, 6) is 1.42. The van der Waals surface area contributed by atoms with Gasteiger partial charge in [0, 0.05) is 33.6 Å². The number of benzene rings is 6. The van der Waals surface area contributed by atoms with Crippen molar-refractivity contribution >= 4 is 10.8 Å². The summed E-state index contributed by atoms with van der Waals surface area (Å²) in [6, 6.07) is 55.0. The van der Waals surface area contributed by atoms with Crippen LogP contribution in [0.5, 0.6) is 0 Å². The fourth-order valence-electron chi connectivity index (χ4n) is 6.22. The van der Waals surface area contributed by atoms with Crippen LogP contribution in [0, 0.1) is 13.8 Å². The Bertz CT molecular complexity index is 2320. The van der Waals surface area contributed by atoms with Crippen molar-refractivity contribution in [3.05, 3.63) is 169 Å². The minimum Gasteiger partial charge on any atom is -0.233 e. The van der Waals surface area contributed by atoms with Crippen molar-refractivity contribution in [3.8, 4) is 67.5 Å². The SMILES string of the molecule is Cc1cc(C)nc(-c2ccc(-c3cc(-c4ccc5ccccc5c4)cc(-c4nc(-c5ccccc5)cc(-c5ccccc5)n4)c3)cc2)n1. The van der Waals surface area contributed by atoms with E-state index >= 15 is 0 Å². The molecule has 4 nitrogen and oxygen atoms in total. The van der Waals surface area contributed by atoms with Crippen LogP contribution < -0.4 is 0 Å². The summed E-state index contributed by atoms with van der Waals surface area (Å²) in [5.41, 5.74) is 12.1. The van der Waals surface area contributed by atoms with Crippen molar-refractivity contribution in [1.29, 1.82) is 0 Å². The Balaban J connectivity index is 1.31. The lowest BCUT2D eigenvalue weighted by Crippen LogP contribution is -1.97. The molecule has 0 aliphatic rings. The lowest BCUT2D eigenvalue weighted by Gasteiger charge is -2.14. The molecule has 0 bridgehead atoms.